The zero-order chi connectivity index (χ0) is 15.3. The molecule has 21 heavy (non-hydrogen) atoms. The molecule has 0 saturated heterocycles. The molecular weight excluding hydrogens is 278 g/mol. The van der Waals surface area contributed by atoms with Crippen molar-refractivity contribution in [3.8, 4) is 0 Å². The Morgan fingerprint density at radius 2 is 1.76 bits per heavy atom. The number of nitrogens with one attached hydrogen (secondary N) is 2. The Labute approximate surface area is 133 Å². The zero-order valence-corrected chi connectivity index (χ0v) is 14.0. The number of anilines is 1. The van der Waals surface area contributed by atoms with Crippen molar-refractivity contribution in [3.63, 3.8) is 0 Å². The Bertz CT molecular complexity index is 493. The summed E-state index contributed by atoms with van der Waals surface area (Å²) in [5, 5.41) is 8.13. The van der Waals surface area contributed by atoms with Gasteiger partial charge in [0.2, 0.25) is 0 Å². The minimum Gasteiger partial charge on any atom is -0.331 e. The molecule has 1 saturated carbocycles. The first kappa shape index (κ1) is 16.0. The summed E-state index contributed by atoms with van der Waals surface area (Å²) in [4.78, 5) is 0. The number of nitrogens with zero attached hydrogens (tertiary/aromatic N) is 1. The number of benzene rings is 1. The Morgan fingerprint density at radius 3 is 2.33 bits per heavy atom. The van der Waals surface area contributed by atoms with Gasteiger partial charge < -0.3 is 5.32 Å². The van der Waals surface area contributed by atoms with Gasteiger partial charge in [0.25, 0.3) is 0 Å². The lowest BCUT2D eigenvalue weighted by molar-refractivity contribution is 0.208. The van der Waals surface area contributed by atoms with E-state index in [2.05, 4.69) is 36.6 Å². The summed E-state index contributed by atoms with van der Waals surface area (Å²) in [5.74, 6) is 0.797. The predicted molar refractivity (Wildman–Crippen MR) is 94.6 cm³/mol. The summed E-state index contributed by atoms with van der Waals surface area (Å²) in [6.45, 7) is 6.99. The third-order valence-corrected chi connectivity index (χ3v) is 4.33. The zero-order valence-electron chi connectivity index (χ0n) is 13.1. The van der Waals surface area contributed by atoms with Crippen LogP contribution in [0.4, 0.5) is 5.69 Å². The Hall–Kier alpha value is -1.42. The van der Waals surface area contributed by atoms with Crippen molar-refractivity contribution < 1.29 is 0 Å². The molecular formula is C17H25N3S. The van der Waals surface area contributed by atoms with Crippen LogP contribution < -0.4 is 10.7 Å². The fourth-order valence-corrected chi connectivity index (χ4v) is 2.90. The molecule has 0 radical (unpaired) electrons. The summed E-state index contributed by atoms with van der Waals surface area (Å²) in [7, 11) is 0. The van der Waals surface area contributed by atoms with Crippen LogP contribution in [-0.2, 0) is 0 Å². The predicted octanol–water partition coefficient (Wildman–Crippen LogP) is 4.57. The topological polar surface area (TPSA) is 36.4 Å². The van der Waals surface area contributed by atoms with E-state index in [1.165, 1.54) is 18.6 Å². The molecule has 1 aromatic rings. The molecule has 1 aliphatic carbocycles. The second kappa shape index (κ2) is 7.03. The second-order valence-electron chi connectivity index (χ2n) is 6.75. The number of thiocarbonyl (C=S) groups is 1. The van der Waals surface area contributed by atoms with Crippen molar-refractivity contribution in [2.24, 2.45) is 16.4 Å². The number of hydrogen-bond donors (Lipinski definition) is 2. The van der Waals surface area contributed by atoms with Crippen molar-refractivity contribution in [2.75, 3.05) is 5.32 Å². The van der Waals surface area contributed by atoms with E-state index in [0.717, 1.165) is 24.4 Å². The first-order valence-corrected chi connectivity index (χ1v) is 8.03. The van der Waals surface area contributed by atoms with E-state index in [9.17, 15) is 0 Å². The largest absolute Gasteiger partial charge is 0.331 e. The maximum absolute atomic E-state index is 5.26. The lowest BCUT2D eigenvalue weighted by Crippen LogP contribution is -2.29. The van der Waals surface area contributed by atoms with Gasteiger partial charge in [-0.1, -0.05) is 39.0 Å². The molecule has 114 valence electrons. The molecule has 0 atom stereocenters. The van der Waals surface area contributed by atoms with E-state index in [1.54, 1.807) is 0 Å². The van der Waals surface area contributed by atoms with Crippen molar-refractivity contribution in [1.82, 2.24) is 5.43 Å². The van der Waals surface area contributed by atoms with E-state index >= 15 is 0 Å². The highest BCUT2D eigenvalue weighted by Crippen LogP contribution is 2.36. The van der Waals surface area contributed by atoms with Gasteiger partial charge in [-0.3, -0.25) is 5.43 Å². The molecule has 1 aliphatic rings. The number of rotatable bonds is 2. The fourth-order valence-electron chi connectivity index (χ4n) is 2.74. The molecule has 0 unspecified atom stereocenters. The van der Waals surface area contributed by atoms with Crippen LogP contribution in [0.25, 0.3) is 0 Å². The molecule has 0 bridgehead atoms. The first-order chi connectivity index (χ1) is 9.95. The van der Waals surface area contributed by atoms with Gasteiger partial charge in [0.15, 0.2) is 5.11 Å². The third-order valence-electron chi connectivity index (χ3n) is 4.13. The Morgan fingerprint density at radius 1 is 1.14 bits per heavy atom. The van der Waals surface area contributed by atoms with Gasteiger partial charge >= 0.3 is 0 Å². The van der Waals surface area contributed by atoms with Gasteiger partial charge in [0.05, 0.1) is 0 Å². The van der Waals surface area contributed by atoms with Crippen LogP contribution in [0.15, 0.2) is 35.4 Å². The number of para-hydroxylation sites is 1. The van der Waals surface area contributed by atoms with Crippen molar-refractivity contribution in [3.05, 3.63) is 30.3 Å². The molecule has 0 aromatic heterocycles. The van der Waals surface area contributed by atoms with Crippen molar-refractivity contribution in [2.45, 2.75) is 46.5 Å². The van der Waals surface area contributed by atoms with Crippen LogP contribution in [0, 0.1) is 11.3 Å². The third kappa shape index (κ3) is 5.12. The van der Waals surface area contributed by atoms with Crippen molar-refractivity contribution >= 4 is 28.7 Å². The van der Waals surface area contributed by atoms with E-state index in [-0.39, 0.29) is 0 Å². The van der Waals surface area contributed by atoms with Crippen LogP contribution >= 0.6 is 12.2 Å². The van der Waals surface area contributed by atoms with Crippen LogP contribution in [0.3, 0.4) is 0 Å². The van der Waals surface area contributed by atoms with Gasteiger partial charge in [-0.05, 0) is 61.4 Å². The van der Waals surface area contributed by atoms with Gasteiger partial charge in [0.1, 0.15) is 0 Å². The molecule has 1 aromatic carbocycles. The summed E-state index contributed by atoms with van der Waals surface area (Å²) in [6.07, 6.45) is 4.59. The molecule has 3 nitrogen and oxygen atoms in total. The SMILES string of the molecule is CC(C)(C)C1CCC(=NNC(=S)Nc2ccccc2)CC1. The Balaban J connectivity index is 1.79. The maximum atomic E-state index is 5.26. The van der Waals surface area contributed by atoms with E-state index in [0.29, 0.717) is 10.5 Å². The fraction of sp³-hybridized carbons (Fsp3) is 0.529. The standard InChI is InChI=1S/C17H25N3S/c1-17(2,3)13-9-11-15(12-10-13)19-20-16(21)18-14-7-5-4-6-8-14/h4-8,13H,9-12H2,1-3H3,(H2,18,20,21). The van der Waals surface area contributed by atoms with Crippen LogP contribution in [0.1, 0.15) is 46.5 Å². The monoisotopic (exact) mass is 303 g/mol. The van der Waals surface area contributed by atoms with Crippen LogP contribution in [0.2, 0.25) is 0 Å². The van der Waals surface area contributed by atoms with Gasteiger partial charge in [-0.2, -0.15) is 5.10 Å². The summed E-state index contributed by atoms with van der Waals surface area (Å²) in [6, 6.07) is 9.90. The highest BCUT2D eigenvalue weighted by atomic mass is 32.1. The molecule has 0 heterocycles. The molecule has 1 fully saturated rings. The minimum atomic E-state index is 0.406. The molecule has 4 heteroatoms. The number of hydrazone groups is 1. The average molecular weight is 303 g/mol. The lowest BCUT2D eigenvalue weighted by atomic mass is 9.72. The quantitative estimate of drug-likeness (QED) is 0.621. The molecule has 2 N–H and O–H groups in total. The summed E-state index contributed by atoms with van der Waals surface area (Å²) in [5.41, 5.74) is 5.58. The lowest BCUT2D eigenvalue weighted by Gasteiger charge is -2.34. The molecule has 2 rings (SSSR count). The first-order valence-electron chi connectivity index (χ1n) is 7.62. The van der Waals surface area contributed by atoms with Gasteiger partial charge in [0, 0.05) is 11.4 Å². The average Bonchev–Trinajstić information content (AvgIpc) is 2.46. The molecule has 0 aliphatic heterocycles. The van der Waals surface area contributed by atoms with Gasteiger partial charge in [-0.25, -0.2) is 0 Å². The van der Waals surface area contributed by atoms with Crippen molar-refractivity contribution in [1.29, 1.82) is 0 Å². The smallest absolute Gasteiger partial charge is 0.191 e. The second-order valence-corrected chi connectivity index (χ2v) is 7.16. The summed E-state index contributed by atoms with van der Waals surface area (Å²) >= 11 is 5.26. The van der Waals surface area contributed by atoms with Crippen LogP contribution in [-0.4, -0.2) is 10.8 Å². The van der Waals surface area contributed by atoms with E-state index in [1.807, 2.05) is 30.3 Å². The maximum Gasteiger partial charge on any atom is 0.191 e. The van der Waals surface area contributed by atoms with E-state index < -0.39 is 0 Å². The minimum absolute atomic E-state index is 0.406. The van der Waals surface area contributed by atoms with E-state index in [4.69, 9.17) is 12.2 Å². The van der Waals surface area contributed by atoms with Crippen LogP contribution in [0.5, 0.6) is 0 Å². The molecule has 0 spiro atoms. The highest BCUT2D eigenvalue weighted by Gasteiger charge is 2.27. The normalized spacial score (nSPS) is 19.0. The van der Waals surface area contributed by atoms with Gasteiger partial charge in [-0.15, -0.1) is 0 Å². The molecule has 0 amide bonds. The highest BCUT2D eigenvalue weighted by molar-refractivity contribution is 7.80. The number of hydrogen-bond acceptors (Lipinski definition) is 2. The Kier molecular flexibility index (Phi) is 5.34. The summed E-state index contributed by atoms with van der Waals surface area (Å²) < 4.78 is 0.